The van der Waals surface area contributed by atoms with Gasteiger partial charge < -0.3 is 4.74 Å². The molecule has 0 atom stereocenters. The van der Waals surface area contributed by atoms with Crippen LogP contribution in [0.25, 0.3) is 0 Å². The predicted octanol–water partition coefficient (Wildman–Crippen LogP) is 3.96. The van der Waals surface area contributed by atoms with E-state index in [0.717, 1.165) is 0 Å². The second-order valence-electron chi connectivity index (χ2n) is 4.43. The van der Waals surface area contributed by atoms with Gasteiger partial charge in [-0.25, -0.2) is 5.43 Å². The van der Waals surface area contributed by atoms with E-state index in [9.17, 15) is 4.79 Å². The number of carbonyl (C=O) groups excluding carboxylic acids is 1. The summed E-state index contributed by atoms with van der Waals surface area (Å²) in [5.41, 5.74) is 3.62. The number of pyridine rings is 1. The molecule has 0 saturated heterocycles. The number of rotatable bonds is 5. The molecule has 2 aromatic rings. The van der Waals surface area contributed by atoms with E-state index in [-0.39, 0.29) is 22.4 Å². The molecule has 0 spiro atoms. The molecule has 1 N–H and O–H groups in total. The summed E-state index contributed by atoms with van der Waals surface area (Å²) in [5, 5.41) is 4.82. The fraction of sp³-hybridized carbons (Fsp3) is 0.133. The number of hydrazone groups is 1. The number of halogens is 3. The van der Waals surface area contributed by atoms with Gasteiger partial charge in [-0.1, -0.05) is 40.9 Å². The van der Waals surface area contributed by atoms with Crippen LogP contribution < -0.4 is 10.2 Å². The smallest absolute Gasteiger partial charge is 0.277 e. The number of hydrogen-bond donors (Lipinski definition) is 1. The number of nitrogens with one attached hydrogen (secondary N) is 1. The lowest BCUT2D eigenvalue weighted by molar-refractivity contribution is -0.123. The summed E-state index contributed by atoms with van der Waals surface area (Å²) in [7, 11) is 0. The topological polar surface area (TPSA) is 63.6 Å². The van der Waals surface area contributed by atoms with E-state index in [1.54, 1.807) is 25.3 Å². The second-order valence-corrected chi connectivity index (χ2v) is 5.65. The van der Waals surface area contributed by atoms with Gasteiger partial charge in [-0.15, -0.1) is 0 Å². The monoisotopic (exact) mass is 371 g/mol. The summed E-state index contributed by atoms with van der Waals surface area (Å²) in [6, 6.07) is 8.31. The third kappa shape index (κ3) is 5.10. The molecule has 0 fully saturated rings. The van der Waals surface area contributed by atoms with E-state index < -0.39 is 5.91 Å². The fourth-order valence-corrected chi connectivity index (χ4v) is 2.16. The Morgan fingerprint density at radius 3 is 2.65 bits per heavy atom. The van der Waals surface area contributed by atoms with Crippen molar-refractivity contribution in [1.29, 1.82) is 0 Å². The van der Waals surface area contributed by atoms with Gasteiger partial charge in [-0.3, -0.25) is 9.78 Å². The van der Waals surface area contributed by atoms with E-state index in [1.807, 2.05) is 6.07 Å². The lowest BCUT2D eigenvalue weighted by Crippen LogP contribution is -2.25. The molecule has 1 aromatic carbocycles. The van der Waals surface area contributed by atoms with Crippen molar-refractivity contribution < 1.29 is 9.53 Å². The summed E-state index contributed by atoms with van der Waals surface area (Å²) in [4.78, 5) is 15.9. The number of ether oxygens (including phenoxy) is 1. The number of carbonyl (C=O) groups is 1. The summed E-state index contributed by atoms with van der Waals surface area (Å²) < 4.78 is 5.30. The van der Waals surface area contributed by atoms with Crippen LogP contribution in [0.4, 0.5) is 0 Å². The normalized spacial score (nSPS) is 11.2. The predicted molar refractivity (Wildman–Crippen MR) is 91.6 cm³/mol. The van der Waals surface area contributed by atoms with Crippen LogP contribution in [0.1, 0.15) is 12.6 Å². The average Bonchev–Trinajstić information content (AvgIpc) is 2.55. The Hall–Kier alpha value is -1.82. The molecule has 1 aromatic heterocycles. The standard InChI is InChI=1S/C15H12Cl3N3O2/c1-9(13-4-2-3-5-19-13)20-21-15(22)8-23-14-7-11(17)10(16)6-12(14)18/h2-7H,8H2,1H3,(H,21,22). The third-order valence-electron chi connectivity index (χ3n) is 2.72. The van der Waals surface area contributed by atoms with Crippen molar-refractivity contribution in [2.24, 2.45) is 5.10 Å². The molecule has 0 bridgehead atoms. The highest BCUT2D eigenvalue weighted by molar-refractivity contribution is 6.43. The number of amides is 1. The average molecular weight is 373 g/mol. The van der Waals surface area contributed by atoms with Crippen molar-refractivity contribution in [1.82, 2.24) is 10.4 Å². The molecule has 8 heteroatoms. The first kappa shape index (κ1) is 17.5. The number of aromatic nitrogens is 1. The van der Waals surface area contributed by atoms with Gasteiger partial charge in [0, 0.05) is 12.3 Å². The zero-order valence-corrected chi connectivity index (χ0v) is 14.3. The van der Waals surface area contributed by atoms with E-state index in [2.05, 4.69) is 15.5 Å². The molecule has 0 aliphatic heterocycles. The first-order valence-electron chi connectivity index (χ1n) is 6.49. The van der Waals surface area contributed by atoms with Gasteiger partial charge in [-0.05, 0) is 25.1 Å². The van der Waals surface area contributed by atoms with Crippen molar-refractivity contribution in [3.05, 3.63) is 57.3 Å². The zero-order chi connectivity index (χ0) is 16.8. The van der Waals surface area contributed by atoms with Crippen LogP contribution in [0.5, 0.6) is 5.75 Å². The summed E-state index contributed by atoms with van der Waals surface area (Å²) in [6.45, 7) is 1.47. The van der Waals surface area contributed by atoms with Crippen LogP contribution >= 0.6 is 34.8 Å². The molecule has 0 saturated carbocycles. The molecule has 0 aliphatic carbocycles. The summed E-state index contributed by atoms with van der Waals surface area (Å²) in [6.07, 6.45) is 1.64. The van der Waals surface area contributed by atoms with Crippen LogP contribution in [-0.2, 0) is 4.79 Å². The largest absolute Gasteiger partial charge is 0.482 e. The van der Waals surface area contributed by atoms with E-state index >= 15 is 0 Å². The molecule has 1 amide bonds. The van der Waals surface area contributed by atoms with Crippen LogP contribution in [-0.4, -0.2) is 23.2 Å². The SMILES string of the molecule is CC(=NNC(=O)COc1cc(Cl)c(Cl)cc1Cl)c1ccccn1. The molecular formula is C15H12Cl3N3O2. The van der Waals surface area contributed by atoms with Crippen molar-refractivity contribution in [2.45, 2.75) is 6.92 Å². The van der Waals surface area contributed by atoms with Gasteiger partial charge in [0.05, 0.1) is 26.5 Å². The molecule has 1 heterocycles. The van der Waals surface area contributed by atoms with Gasteiger partial charge >= 0.3 is 0 Å². The van der Waals surface area contributed by atoms with E-state index in [0.29, 0.717) is 16.4 Å². The summed E-state index contributed by atoms with van der Waals surface area (Å²) >= 11 is 17.6. The van der Waals surface area contributed by atoms with E-state index in [4.69, 9.17) is 39.5 Å². The lowest BCUT2D eigenvalue weighted by atomic mass is 10.3. The van der Waals surface area contributed by atoms with Crippen LogP contribution in [0.2, 0.25) is 15.1 Å². The molecular weight excluding hydrogens is 361 g/mol. The van der Waals surface area contributed by atoms with Crippen molar-refractivity contribution in [2.75, 3.05) is 6.61 Å². The maximum atomic E-state index is 11.7. The lowest BCUT2D eigenvalue weighted by Gasteiger charge is -2.08. The molecule has 0 radical (unpaired) electrons. The number of nitrogens with zero attached hydrogens (tertiary/aromatic N) is 2. The Morgan fingerprint density at radius 2 is 1.96 bits per heavy atom. The summed E-state index contributed by atoms with van der Waals surface area (Å²) in [5.74, 6) is -0.177. The number of benzene rings is 1. The van der Waals surface area contributed by atoms with Gasteiger partial charge in [-0.2, -0.15) is 5.10 Å². The molecule has 0 unspecified atom stereocenters. The molecule has 0 aliphatic rings. The Bertz CT molecular complexity index is 736. The van der Waals surface area contributed by atoms with Gasteiger partial charge in [0.25, 0.3) is 5.91 Å². The van der Waals surface area contributed by atoms with Crippen molar-refractivity contribution in [3.8, 4) is 5.75 Å². The minimum atomic E-state index is -0.442. The molecule has 120 valence electrons. The Balaban J connectivity index is 1.92. The molecule has 5 nitrogen and oxygen atoms in total. The molecule has 2 rings (SSSR count). The van der Waals surface area contributed by atoms with Gasteiger partial charge in [0.2, 0.25) is 0 Å². The highest BCUT2D eigenvalue weighted by Crippen LogP contribution is 2.33. The highest BCUT2D eigenvalue weighted by atomic mass is 35.5. The van der Waals surface area contributed by atoms with Gasteiger partial charge in [0.1, 0.15) is 5.75 Å². The van der Waals surface area contributed by atoms with E-state index in [1.165, 1.54) is 12.1 Å². The maximum absolute atomic E-state index is 11.7. The molecule has 23 heavy (non-hydrogen) atoms. The first-order valence-corrected chi connectivity index (χ1v) is 7.62. The minimum Gasteiger partial charge on any atom is -0.482 e. The number of hydrogen-bond acceptors (Lipinski definition) is 4. The van der Waals surface area contributed by atoms with Crippen molar-refractivity contribution in [3.63, 3.8) is 0 Å². The Morgan fingerprint density at radius 1 is 1.22 bits per heavy atom. The van der Waals surface area contributed by atoms with Crippen LogP contribution in [0, 0.1) is 0 Å². The van der Waals surface area contributed by atoms with Crippen LogP contribution in [0.15, 0.2) is 41.6 Å². The fourth-order valence-electron chi connectivity index (χ4n) is 1.57. The Labute approximate surface area is 148 Å². The second kappa shape index (κ2) is 8.15. The minimum absolute atomic E-state index is 0.264. The first-order chi connectivity index (χ1) is 11.0. The zero-order valence-electron chi connectivity index (χ0n) is 12.0. The third-order valence-corrected chi connectivity index (χ3v) is 3.73. The van der Waals surface area contributed by atoms with Crippen LogP contribution in [0.3, 0.4) is 0 Å². The maximum Gasteiger partial charge on any atom is 0.277 e. The van der Waals surface area contributed by atoms with Gasteiger partial charge in [0.15, 0.2) is 6.61 Å². The quantitative estimate of drug-likeness (QED) is 0.491. The highest BCUT2D eigenvalue weighted by Gasteiger charge is 2.09. The Kier molecular flexibility index (Phi) is 6.21. The van der Waals surface area contributed by atoms with Crippen molar-refractivity contribution >= 4 is 46.4 Å².